The van der Waals surface area contributed by atoms with Gasteiger partial charge in [-0.1, -0.05) is 6.07 Å². The summed E-state index contributed by atoms with van der Waals surface area (Å²) in [6, 6.07) is 10.9. The molecule has 2 aromatic rings. The van der Waals surface area contributed by atoms with E-state index in [0.29, 0.717) is 12.6 Å². The van der Waals surface area contributed by atoms with Crippen LogP contribution < -0.4 is 15.1 Å². The molecule has 1 saturated carbocycles. The molecule has 1 aromatic carbocycles. The number of hydrogen-bond acceptors (Lipinski definition) is 6. The minimum Gasteiger partial charge on any atom is -0.379 e. The summed E-state index contributed by atoms with van der Waals surface area (Å²) in [5.41, 5.74) is 4.02. The van der Waals surface area contributed by atoms with Crippen molar-refractivity contribution >= 4 is 28.8 Å². The molecule has 4 heterocycles. The summed E-state index contributed by atoms with van der Waals surface area (Å²) in [4.78, 5) is 23.0. The number of nitrogens with one attached hydrogen (secondary N) is 1. The van der Waals surface area contributed by atoms with E-state index in [2.05, 4.69) is 46.4 Å². The average molecular weight is 463 g/mol. The van der Waals surface area contributed by atoms with Crippen molar-refractivity contribution in [3.63, 3.8) is 0 Å². The van der Waals surface area contributed by atoms with Gasteiger partial charge >= 0.3 is 0 Å². The third kappa shape index (κ3) is 3.85. The van der Waals surface area contributed by atoms with E-state index in [9.17, 15) is 4.79 Å². The van der Waals surface area contributed by atoms with Gasteiger partial charge in [-0.15, -0.1) is 0 Å². The highest BCUT2D eigenvalue weighted by Crippen LogP contribution is 2.44. The Kier molecular flexibility index (Phi) is 5.49. The third-order valence-corrected chi connectivity index (χ3v) is 8.01. The smallest absolute Gasteiger partial charge is 0.230 e. The van der Waals surface area contributed by atoms with Crippen LogP contribution >= 0.6 is 0 Å². The highest BCUT2D eigenvalue weighted by Gasteiger charge is 2.48. The molecule has 1 aromatic heterocycles. The lowest BCUT2D eigenvalue weighted by Crippen LogP contribution is -2.41. The molecule has 3 aliphatic heterocycles. The van der Waals surface area contributed by atoms with Gasteiger partial charge in [0.25, 0.3) is 0 Å². The molecule has 1 N–H and O–H groups in total. The first-order valence-corrected chi connectivity index (χ1v) is 12.7. The van der Waals surface area contributed by atoms with Gasteiger partial charge in [-0.25, -0.2) is 4.98 Å². The standard InChI is InChI=1S/C27H34N4O3/c1-3-33-22-9-6-18(7-10-22)26(32)30-15-19-5-4-12-28-25(19)29-23-11-8-20(13-24(23)30)31-17-27(2)14-21(31)16-34-27/h4-5,8,11-13,18,21-22H,3,6-7,9-10,14-17H2,1-2H3,(H,28,29)/t18?,21-,22?,27-/m0/s1. The average Bonchev–Trinajstić information content (AvgIpc) is 3.34. The Balaban J connectivity index is 1.33. The second-order valence-electron chi connectivity index (χ2n) is 10.4. The fraction of sp³-hybridized carbons (Fsp3) is 0.556. The Morgan fingerprint density at radius 1 is 1.26 bits per heavy atom. The molecule has 180 valence electrons. The lowest BCUT2D eigenvalue weighted by atomic mass is 9.86. The number of morpholine rings is 1. The van der Waals surface area contributed by atoms with Crippen LogP contribution in [0, 0.1) is 5.92 Å². The lowest BCUT2D eigenvalue weighted by molar-refractivity contribution is -0.124. The van der Waals surface area contributed by atoms with Gasteiger partial charge in [0.05, 0.1) is 42.3 Å². The van der Waals surface area contributed by atoms with Crippen molar-refractivity contribution in [1.82, 2.24) is 4.98 Å². The van der Waals surface area contributed by atoms with E-state index in [1.807, 2.05) is 17.9 Å². The summed E-state index contributed by atoms with van der Waals surface area (Å²) in [5, 5.41) is 3.51. The maximum absolute atomic E-state index is 14.0. The molecule has 2 atom stereocenters. The number of nitrogens with zero attached hydrogens (tertiary/aromatic N) is 3. The summed E-state index contributed by atoms with van der Waals surface area (Å²) < 4.78 is 11.8. The van der Waals surface area contributed by atoms with Crippen molar-refractivity contribution in [2.45, 2.75) is 70.2 Å². The monoisotopic (exact) mass is 462 g/mol. The molecular weight excluding hydrogens is 428 g/mol. The number of fused-ring (bicyclic) bond motifs is 4. The second-order valence-corrected chi connectivity index (χ2v) is 10.4. The molecule has 0 spiro atoms. The molecule has 0 unspecified atom stereocenters. The van der Waals surface area contributed by atoms with E-state index in [4.69, 9.17) is 9.47 Å². The number of rotatable bonds is 4. The highest BCUT2D eigenvalue weighted by molar-refractivity contribution is 6.00. The Morgan fingerprint density at radius 3 is 2.85 bits per heavy atom. The van der Waals surface area contributed by atoms with Crippen molar-refractivity contribution in [2.75, 3.05) is 34.9 Å². The van der Waals surface area contributed by atoms with Crippen LogP contribution in [0.25, 0.3) is 0 Å². The molecule has 4 aliphatic rings. The van der Waals surface area contributed by atoms with Crippen molar-refractivity contribution in [2.24, 2.45) is 5.92 Å². The number of benzene rings is 1. The van der Waals surface area contributed by atoms with Gasteiger partial charge in [0.1, 0.15) is 5.82 Å². The first kappa shape index (κ1) is 21.9. The number of amides is 1. The second kappa shape index (κ2) is 8.54. The summed E-state index contributed by atoms with van der Waals surface area (Å²) in [5.74, 6) is 1.07. The summed E-state index contributed by atoms with van der Waals surface area (Å²) in [7, 11) is 0. The molecule has 1 aliphatic carbocycles. The maximum atomic E-state index is 14.0. The van der Waals surface area contributed by atoms with E-state index in [1.54, 1.807) is 6.20 Å². The summed E-state index contributed by atoms with van der Waals surface area (Å²) in [6.07, 6.45) is 6.82. The zero-order chi connectivity index (χ0) is 23.3. The van der Waals surface area contributed by atoms with E-state index in [1.165, 1.54) is 0 Å². The van der Waals surface area contributed by atoms with Crippen LogP contribution in [0.2, 0.25) is 0 Å². The Morgan fingerprint density at radius 2 is 2.12 bits per heavy atom. The zero-order valence-corrected chi connectivity index (χ0v) is 20.1. The van der Waals surface area contributed by atoms with Gasteiger partial charge in [-0.2, -0.15) is 0 Å². The highest BCUT2D eigenvalue weighted by atomic mass is 16.5. The van der Waals surface area contributed by atoms with Crippen LogP contribution in [-0.2, 0) is 20.8 Å². The lowest BCUT2D eigenvalue weighted by Gasteiger charge is -2.34. The van der Waals surface area contributed by atoms with E-state index in [0.717, 1.165) is 80.3 Å². The Bertz CT molecular complexity index is 1080. The van der Waals surface area contributed by atoms with E-state index >= 15 is 0 Å². The minimum absolute atomic E-state index is 0.0292. The SMILES string of the molecule is CCOC1CCC(C(=O)N2Cc3cccnc3Nc3ccc(N4C[C@]5(C)C[C@H]4CO5)cc32)CC1. The van der Waals surface area contributed by atoms with Gasteiger partial charge in [-0.3, -0.25) is 4.79 Å². The molecule has 6 rings (SSSR count). The third-order valence-electron chi connectivity index (χ3n) is 8.01. The molecule has 1 amide bonds. The maximum Gasteiger partial charge on any atom is 0.230 e. The number of anilines is 4. The predicted octanol–water partition coefficient (Wildman–Crippen LogP) is 4.63. The predicted molar refractivity (Wildman–Crippen MR) is 133 cm³/mol. The molecule has 7 heteroatoms. The Hall–Kier alpha value is -2.64. The molecule has 3 fully saturated rings. The largest absolute Gasteiger partial charge is 0.379 e. The molecule has 7 nitrogen and oxygen atoms in total. The Labute approximate surface area is 201 Å². The van der Waals surface area contributed by atoms with Gasteiger partial charge < -0.3 is 24.6 Å². The van der Waals surface area contributed by atoms with Crippen molar-refractivity contribution < 1.29 is 14.3 Å². The molecule has 2 saturated heterocycles. The quantitative estimate of drug-likeness (QED) is 0.714. The minimum atomic E-state index is -0.0649. The van der Waals surface area contributed by atoms with Crippen molar-refractivity contribution in [3.05, 3.63) is 42.1 Å². The number of hydrogen-bond donors (Lipinski definition) is 1. The summed E-state index contributed by atoms with van der Waals surface area (Å²) >= 11 is 0. The van der Waals surface area contributed by atoms with Crippen LogP contribution in [0.4, 0.5) is 22.9 Å². The first-order chi connectivity index (χ1) is 16.5. The summed E-state index contributed by atoms with van der Waals surface area (Å²) in [6.45, 7) is 7.17. The number of ether oxygens (including phenoxy) is 2. The molecule has 34 heavy (non-hydrogen) atoms. The van der Waals surface area contributed by atoms with E-state index in [-0.39, 0.29) is 23.5 Å². The fourth-order valence-corrected chi connectivity index (χ4v) is 6.23. The van der Waals surface area contributed by atoms with Crippen molar-refractivity contribution in [1.29, 1.82) is 0 Å². The van der Waals surface area contributed by atoms with Crippen LogP contribution in [0.1, 0.15) is 51.5 Å². The van der Waals surface area contributed by atoms with E-state index < -0.39 is 0 Å². The van der Waals surface area contributed by atoms with Crippen molar-refractivity contribution in [3.8, 4) is 0 Å². The fourth-order valence-electron chi connectivity index (χ4n) is 6.23. The number of pyridine rings is 1. The molecule has 2 bridgehead atoms. The number of aromatic nitrogens is 1. The molecular formula is C27H34N4O3. The molecule has 0 radical (unpaired) electrons. The number of carbonyl (C=O) groups excluding carboxylic acids is 1. The zero-order valence-electron chi connectivity index (χ0n) is 20.1. The normalized spacial score (nSPS) is 29.9. The van der Waals surface area contributed by atoms with Crippen LogP contribution in [0.15, 0.2) is 36.5 Å². The van der Waals surface area contributed by atoms with Gasteiger partial charge in [0.15, 0.2) is 0 Å². The van der Waals surface area contributed by atoms with Crippen LogP contribution in [0.3, 0.4) is 0 Å². The van der Waals surface area contributed by atoms with Crippen LogP contribution in [0.5, 0.6) is 0 Å². The van der Waals surface area contributed by atoms with Gasteiger partial charge in [0.2, 0.25) is 5.91 Å². The number of carbonyl (C=O) groups is 1. The van der Waals surface area contributed by atoms with Crippen LogP contribution in [-0.4, -0.2) is 48.4 Å². The van der Waals surface area contributed by atoms with Gasteiger partial charge in [0, 0.05) is 42.9 Å². The van der Waals surface area contributed by atoms with Gasteiger partial charge in [-0.05, 0) is 63.8 Å². The first-order valence-electron chi connectivity index (χ1n) is 12.7. The topological polar surface area (TPSA) is 66.9 Å².